The van der Waals surface area contributed by atoms with Crippen molar-refractivity contribution in [1.29, 1.82) is 0 Å². The molecule has 4 rings (SSSR count). The van der Waals surface area contributed by atoms with E-state index < -0.39 is 23.7 Å². The number of benzene rings is 1. The fourth-order valence-electron chi connectivity index (χ4n) is 4.60. The molecule has 1 aliphatic heterocycles. The van der Waals surface area contributed by atoms with E-state index in [1.807, 2.05) is 0 Å². The number of carboxylic acid groups (broad SMARTS) is 1. The third-order valence-corrected chi connectivity index (χ3v) is 5.87. The van der Waals surface area contributed by atoms with Gasteiger partial charge in [-0.3, -0.25) is 5.32 Å². The molecule has 2 amide bonds. The monoisotopic (exact) mass is 420 g/mol. The number of halogens is 3. The van der Waals surface area contributed by atoms with Crippen LogP contribution in [0.3, 0.4) is 0 Å². The van der Waals surface area contributed by atoms with Crippen LogP contribution in [0.1, 0.15) is 40.4 Å². The number of nitrogens with one attached hydrogen (secondary N) is 1. The molecule has 7 nitrogen and oxygen atoms in total. The number of hydrogen-bond donors (Lipinski definition) is 2. The van der Waals surface area contributed by atoms with Crippen LogP contribution < -0.4 is 5.32 Å². The minimum Gasteiger partial charge on any atom is -0.476 e. The standard InChI is InChI=1S/C20H19F3N4O3/c21-20(22,23)15-4-2-1-3-14(15)11-7-12-9-27(10-13(12)8-11)19(30)26-17-16(18(28)29)24-5-6-25-17/h1-6,11-13H,7-10H2,(H,28,29)(H,25,26,30)/t11?,12-,13+. The summed E-state index contributed by atoms with van der Waals surface area (Å²) in [5.41, 5.74) is -0.622. The SMILES string of the molecule is O=C(O)c1nccnc1NC(=O)N1C[C@H]2CC(c3ccccc3C(F)(F)F)C[C@H]2C1. The number of aromatic carboxylic acids is 1. The fraction of sp³-hybridized carbons (Fsp3) is 0.400. The first-order chi connectivity index (χ1) is 14.2. The predicted molar refractivity (Wildman–Crippen MR) is 100.0 cm³/mol. The number of carboxylic acids is 1. The van der Waals surface area contributed by atoms with Gasteiger partial charge in [-0.1, -0.05) is 18.2 Å². The van der Waals surface area contributed by atoms with Gasteiger partial charge in [0.2, 0.25) is 0 Å². The summed E-state index contributed by atoms with van der Waals surface area (Å²) in [5.74, 6) is -1.43. The van der Waals surface area contributed by atoms with Gasteiger partial charge in [0.05, 0.1) is 5.56 Å². The molecule has 10 heteroatoms. The second-order valence-electron chi connectivity index (χ2n) is 7.67. The maximum atomic E-state index is 13.3. The minimum absolute atomic E-state index is 0.0999. The van der Waals surface area contributed by atoms with Gasteiger partial charge in [-0.25, -0.2) is 19.6 Å². The van der Waals surface area contributed by atoms with Gasteiger partial charge in [0.1, 0.15) is 0 Å². The van der Waals surface area contributed by atoms with Crippen molar-refractivity contribution in [2.75, 3.05) is 18.4 Å². The van der Waals surface area contributed by atoms with Crippen molar-refractivity contribution < 1.29 is 27.9 Å². The maximum absolute atomic E-state index is 13.3. The van der Waals surface area contributed by atoms with Gasteiger partial charge in [-0.2, -0.15) is 13.2 Å². The average Bonchev–Trinajstić information content (AvgIpc) is 3.27. The summed E-state index contributed by atoms with van der Waals surface area (Å²) in [6.07, 6.45) is -0.735. The Bertz CT molecular complexity index is 968. The largest absolute Gasteiger partial charge is 0.476 e. The molecule has 2 fully saturated rings. The number of nitrogens with zero attached hydrogens (tertiary/aromatic N) is 3. The van der Waals surface area contributed by atoms with Crippen LogP contribution in [0.2, 0.25) is 0 Å². The van der Waals surface area contributed by atoms with Gasteiger partial charge in [-0.15, -0.1) is 0 Å². The van der Waals surface area contributed by atoms with Crippen molar-refractivity contribution in [3.05, 3.63) is 53.5 Å². The molecule has 158 valence electrons. The lowest BCUT2D eigenvalue weighted by Crippen LogP contribution is -2.34. The highest BCUT2D eigenvalue weighted by molar-refractivity contribution is 5.97. The summed E-state index contributed by atoms with van der Waals surface area (Å²) in [5, 5.41) is 11.6. The zero-order chi connectivity index (χ0) is 21.5. The Kier molecular flexibility index (Phi) is 5.08. The van der Waals surface area contributed by atoms with Crippen molar-refractivity contribution in [3.63, 3.8) is 0 Å². The Labute approximate surface area is 169 Å². The average molecular weight is 420 g/mol. The van der Waals surface area contributed by atoms with E-state index in [4.69, 9.17) is 5.11 Å². The molecule has 1 aromatic carbocycles. The lowest BCUT2D eigenvalue weighted by Gasteiger charge is -2.21. The highest BCUT2D eigenvalue weighted by Gasteiger charge is 2.45. The third-order valence-electron chi connectivity index (χ3n) is 5.87. The molecule has 1 saturated carbocycles. The van der Waals surface area contributed by atoms with E-state index in [9.17, 15) is 22.8 Å². The molecule has 0 bridgehead atoms. The number of likely N-dealkylation sites (tertiary alicyclic amines) is 1. The Balaban J connectivity index is 1.42. The van der Waals surface area contributed by atoms with Crippen LogP contribution >= 0.6 is 0 Å². The second kappa shape index (κ2) is 7.58. The number of amides is 2. The highest BCUT2D eigenvalue weighted by Crippen LogP contribution is 2.48. The zero-order valence-electron chi connectivity index (χ0n) is 15.8. The maximum Gasteiger partial charge on any atom is 0.416 e. The quantitative estimate of drug-likeness (QED) is 0.787. The summed E-state index contributed by atoms with van der Waals surface area (Å²) in [6, 6.07) is 5.19. The number of aromatic nitrogens is 2. The van der Waals surface area contributed by atoms with Crippen molar-refractivity contribution >= 4 is 17.8 Å². The van der Waals surface area contributed by atoms with Crippen molar-refractivity contribution in [1.82, 2.24) is 14.9 Å². The Morgan fingerprint density at radius 3 is 2.33 bits per heavy atom. The number of carbonyl (C=O) groups excluding carboxylic acids is 1. The molecule has 2 heterocycles. The van der Waals surface area contributed by atoms with Crippen LogP contribution in [0, 0.1) is 11.8 Å². The molecule has 2 aliphatic rings. The minimum atomic E-state index is -4.39. The van der Waals surface area contributed by atoms with Crippen LogP contribution in [0.25, 0.3) is 0 Å². The first-order valence-corrected chi connectivity index (χ1v) is 9.50. The Morgan fingerprint density at radius 1 is 1.07 bits per heavy atom. The first-order valence-electron chi connectivity index (χ1n) is 9.50. The summed E-state index contributed by atoms with van der Waals surface area (Å²) >= 11 is 0. The van der Waals surface area contributed by atoms with Crippen LogP contribution in [0.5, 0.6) is 0 Å². The number of alkyl halides is 3. The van der Waals surface area contributed by atoms with E-state index in [2.05, 4.69) is 15.3 Å². The Hall–Kier alpha value is -3.17. The number of rotatable bonds is 3. The molecule has 2 N–H and O–H groups in total. The van der Waals surface area contributed by atoms with Crippen molar-refractivity contribution in [2.24, 2.45) is 11.8 Å². The number of anilines is 1. The lowest BCUT2D eigenvalue weighted by molar-refractivity contribution is -0.138. The fourth-order valence-corrected chi connectivity index (χ4v) is 4.60. The van der Waals surface area contributed by atoms with Gasteiger partial charge < -0.3 is 10.0 Å². The molecular weight excluding hydrogens is 401 g/mol. The molecule has 1 aromatic heterocycles. The lowest BCUT2D eigenvalue weighted by atomic mass is 9.91. The van der Waals surface area contributed by atoms with Gasteiger partial charge in [0.25, 0.3) is 0 Å². The van der Waals surface area contributed by atoms with E-state index in [0.29, 0.717) is 31.5 Å². The molecule has 1 unspecified atom stereocenters. The zero-order valence-corrected chi connectivity index (χ0v) is 15.8. The van der Waals surface area contributed by atoms with E-state index in [1.165, 1.54) is 18.5 Å². The van der Waals surface area contributed by atoms with Gasteiger partial charge >= 0.3 is 18.2 Å². The van der Waals surface area contributed by atoms with E-state index >= 15 is 0 Å². The number of carbonyl (C=O) groups is 2. The molecule has 0 radical (unpaired) electrons. The molecule has 30 heavy (non-hydrogen) atoms. The molecule has 1 aliphatic carbocycles. The molecular formula is C20H19F3N4O3. The summed E-state index contributed by atoms with van der Waals surface area (Å²) in [6.45, 7) is 0.813. The number of urea groups is 1. The second-order valence-corrected chi connectivity index (χ2v) is 7.67. The molecule has 2 aromatic rings. The first kappa shape index (κ1) is 20.1. The van der Waals surface area contributed by atoms with Gasteiger partial charge in [-0.05, 0) is 42.2 Å². The number of fused-ring (bicyclic) bond motifs is 1. The smallest absolute Gasteiger partial charge is 0.416 e. The molecule has 3 atom stereocenters. The molecule has 1 saturated heterocycles. The van der Waals surface area contributed by atoms with E-state index in [1.54, 1.807) is 17.0 Å². The highest BCUT2D eigenvalue weighted by atomic mass is 19.4. The summed E-state index contributed by atoms with van der Waals surface area (Å²) in [4.78, 5) is 32.9. The van der Waals surface area contributed by atoms with Crippen molar-refractivity contribution in [3.8, 4) is 0 Å². The van der Waals surface area contributed by atoms with Gasteiger partial charge in [0, 0.05) is 25.5 Å². The van der Waals surface area contributed by atoms with Crippen LogP contribution in [0.4, 0.5) is 23.8 Å². The van der Waals surface area contributed by atoms with E-state index in [0.717, 1.165) is 6.07 Å². The summed E-state index contributed by atoms with van der Waals surface area (Å²) < 4.78 is 40.0. The van der Waals surface area contributed by atoms with Crippen LogP contribution in [-0.2, 0) is 6.18 Å². The van der Waals surface area contributed by atoms with Crippen molar-refractivity contribution in [2.45, 2.75) is 24.9 Å². The van der Waals surface area contributed by atoms with Gasteiger partial charge in [0.15, 0.2) is 11.5 Å². The normalized spacial score (nSPS) is 23.3. The number of hydrogen-bond acceptors (Lipinski definition) is 4. The predicted octanol–water partition coefficient (Wildman–Crippen LogP) is 3.85. The third kappa shape index (κ3) is 3.81. The summed E-state index contributed by atoms with van der Waals surface area (Å²) in [7, 11) is 0. The topological polar surface area (TPSA) is 95.4 Å². The van der Waals surface area contributed by atoms with E-state index in [-0.39, 0.29) is 29.3 Å². The van der Waals surface area contributed by atoms with Crippen LogP contribution in [0.15, 0.2) is 36.7 Å². The molecule has 0 spiro atoms. The Morgan fingerprint density at radius 2 is 1.70 bits per heavy atom. The van der Waals surface area contributed by atoms with Crippen LogP contribution in [-0.4, -0.2) is 45.1 Å².